The van der Waals surface area contributed by atoms with Crippen LogP contribution in [0.15, 0.2) is 30.3 Å². The van der Waals surface area contributed by atoms with E-state index in [-0.39, 0.29) is 18.5 Å². The molecule has 1 rings (SSSR count). The fraction of sp³-hybridized carbons (Fsp3) is 0.500. The summed E-state index contributed by atoms with van der Waals surface area (Å²) in [6.07, 6.45) is 2.20. The van der Waals surface area contributed by atoms with E-state index in [0.717, 1.165) is 12.0 Å². The fourth-order valence-electron chi connectivity index (χ4n) is 2.14. The lowest BCUT2D eigenvalue weighted by atomic mass is 10.0. The Balaban J connectivity index is 2.32. The monoisotopic (exact) mass is 292 g/mol. The third-order valence-corrected chi connectivity index (χ3v) is 3.44. The molecule has 0 aliphatic heterocycles. The van der Waals surface area contributed by atoms with Crippen molar-refractivity contribution in [1.29, 1.82) is 0 Å². The van der Waals surface area contributed by atoms with Gasteiger partial charge >= 0.3 is 5.97 Å². The molecule has 1 aromatic rings. The molecule has 5 nitrogen and oxygen atoms in total. The van der Waals surface area contributed by atoms with E-state index in [9.17, 15) is 9.59 Å². The molecule has 2 unspecified atom stereocenters. The normalized spacial score (nSPS) is 13.4. The highest BCUT2D eigenvalue weighted by Gasteiger charge is 2.17. The minimum absolute atomic E-state index is 0.149. The molecular formula is C16H24N2O3. The van der Waals surface area contributed by atoms with Crippen molar-refractivity contribution in [3.05, 3.63) is 35.9 Å². The van der Waals surface area contributed by atoms with Crippen LogP contribution in [-0.2, 0) is 9.59 Å². The van der Waals surface area contributed by atoms with Gasteiger partial charge in [0.15, 0.2) is 0 Å². The summed E-state index contributed by atoms with van der Waals surface area (Å²) in [5.74, 6) is -1.52. The molecule has 21 heavy (non-hydrogen) atoms. The number of carboxylic acid groups (broad SMARTS) is 1. The lowest BCUT2D eigenvalue weighted by Gasteiger charge is -2.14. The molecule has 1 aromatic carbocycles. The average molecular weight is 292 g/mol. The Hall–Kier alpha value is -1.88. The molecule has 0 saturated carbocycles. The summed E-state index contributed by atoms with van der Waals surface area (Å²) in [6.45, 7) is 2.11. The summed E-state index contributed by atoms with van der Waals surface area (Å²) >= 11 is 0. The number of nitrogens with one attached hydrogen (secondary N) is 1. The van der Waals surface area contributed by atoms with Gasteiger partial charge < -0.3 is 16.2 Å². The van der Waals surface area contributed by atoms with E-state index < -0.39 is 11.9 Å². The van der Waals surface area contributed by atoms with Crippen molar-refractivity contribution < 1.29 is 14.7 Å². The van der Waals surface area contributed by atoms with Crippen molar-refractivity contribution in [2.45, 2.75) is 38.6 Å². The van der Waals surface area contributed by atoms with Gasteiger partial charge in [0.05, 0.1) is 5.92 Å². The largest absolute Gasteiger partial charge is 0.481 e. The molecule has 0 aromatic heterocycles. The van der Waals surface area contributed by atoms with Crippen LogP contribution in [0, 0.1) is 5.92 Å². The van der Waals surface area contributed by atoms with Crippen molar-refractivity contribution in [2.24, 2.45) is 11.7 Å². The van der Waals surface area contributed by atoms with Gasteiger partial charge in [-0.15, -0.1) is 0 Å². The van der Waals surface area contributed by atoms with Crippen molar-refractivity contribution in [3.63, 3.8) is 0 Å². The zero-order chi connectivity index (χ0) is 15.7. The van der Waals surface area contributed by atoms with E-state index in [1.807, 2.05) is 37.3 Å². The van der Waals surface area contributed by atoms with Crippen molar-refractivity contribution in [3.8, 4) is 0 Å². The minimum Gasteiger partial charge on any atom is -0.481 e. The van der Waals surface area contributed by atoms with E-state index in [4.69, 9.17) is 10.8 Å². The van der Waals surface area contributed by atoms with Gasteiger partial charge in [0.1, 0.15) is 0 Å². The standard InChI is InChI=1S/C16H24N2O3/c1-2-6-13(16(20)21)11-18-15(19)10-9-14(17)12-7-4-3-5-8-12/h3-5,7-8,13-14H,2,6,9-11,17H2,1H3,(H,18,19)(H,20,21). The number of benzene rings is 1. The van der Waals surface area contributed by atoms with Crippen LogP contribution in [0.3, 0.4) is 0 Å². The lowest BCUT2D eigenvalue weighted by Crippen LogP contribution is -2.33. The van der Waals surface area contributed by atoms with Crippen molar-refractivity contribution in [1.82, 2.24) is 5.32 Å². The summed E-state index contributed by atoms with van der Waals surface area (Å²) in [4.78, 5) is 22.7. The van der Waals surface area contributed by atoms with E-state index in [1.165, 1.54) is 0 Å². The molecule has 5 heteroatoms. The SMILES string of the molecule is CCCC(CNC(=O)CCC(N)c1ccccc1)C(=O)O. The van der Waals surface area contributed by atoms with Crippen LogP contribution in [0.25, 0.3) is 0 Å². The third kappa shape index (κ3) is 6.40. The van der Waals surface area contributed by atoms with Gasteiger partial charge in [-0.05, 0) is 18.4 Å². The highest BCUT2D eigenvalue weighted by atomic mass is 16.4. The van der Waals surface area contributed by atoms with Crippen LogP contribution in [0.5, 0.6) is 0 Å². The third-order valence-electron chi connectivity index (χ3n) is 3.44. The molecule has 0 saturated heterocycles. The zero-order valence-corrected chi connectivity index (χ0v) is 12.4. The second-order valence-corrected chi connectivity index (χ2v) is 5.18. The summed E-state index contributed by atoms with van der Waals surface area (Å²) < 4.78 is 0. The van der Waals surface area contributed by atoms with Crippen molar-refractivity contribution >= 4 is 11.9 Å². The lowest BCUT2D eigenvalue weighted by molar-refractivity contribution is -0.141. The van der Waals surface area contributed by atoms with Crippen LogP contribution < -0.4 is 11.1 Å². The van der Waals surface area contributed by atoms with E-state index >= 15 is 0 Å². The molecule has 116 valence electrons. The number of aliphatic carboxylic acids is 1. The van der Waals surface area contributed by atoms with Gasteiger partial charge in [0.2, 0.25) is 5.91 Å². The predicted octanol–water partition coefficient (Wildman–Crippen LogP) is 2.08. The highest BCUT2D eigenvalue weighted by molar-refractivity contribution is 5.77. The first-order valence-electron chi connectivity index (χ1n) is 7.34. The quantitative estimate of drug-likeness (QED) is 0.649. The van der Waals surface area contributed by atoms with Gasteiger partial charge in [-0.1, -0.05) is 43.7 Å². The highest BCUT2D eigenvalue weighted by Crippen LogP contribution is 2.15. The number of carboxylic acids is 1. The molecule has 0 spiro atoms. The summed E-state index contributed by atoms with van der Waals surface area (Å²) in [6, 6.07) is 9.44. The number of hydrogen-bond acceptors (Lipinski definition) is 3. The fourth-order valence-corrected chi connectivity index (χ4v) is 2.14. The molecule has 1 amide bonds. The maximum absolute atomic E-state index is 11.8. The molecular weight excluding hydrogens is 268 g/mol. The van der Waals surface area contributed by atoms with Crippen LogP contribution in [0.2, 0.25) is 0 Å². The minimum atomic E-state index is -0.863. The molecule has 0 bridgehead atoms. The Kier molecular flexibility index (Phi) is 7.46. The first-order chi connectivity index (χ1) is 10.0. The number of rotatable bonds is 9. The first-order valence-corrected chi connectivity index (χ1v) is 7.34. The first kappa shape index (κ1) is 17.2. The summed E-state index contributed by atoms with van der Waals surface area (Å²) in [5, 5.41) is 11.7. The number of nitrogens with two attached hydrogens (primary N) is 1. The second-order valence-electron chi connectivity index (χ2n) is 5.18. The topological polar surface area (TPSA) is 92.4 Å². The average Bonchev–Trinajstić information content (AvgIpc) is 2.49. The Morgan fingerprint density at radius 1 is 1.24 bits per heavy atom. The van der Waals surface area contributed by atoms with Gasteiger partial charge in [-0.25, -0.2) is 0 Å². The predicted molar refractivity (Wildman–Crippen MR) is 81.6 cm³/mol. The molecule has 4 N–H and O–H groups in total. The Labute approximate surface area is 125 Å². The van der Waals surface area contributed by atoms with Crippen molar-refractivity contribution in [2.75, 3.05) is 6.54 Å². The molecule has 0 radical (unpaired) electrons. The second kappa shape index (κ2) is 9.13. The summed E-state index contributed by atoms with van der Waals surface area (Å²) in [7, 11) is 0. The molecule has 0 aliphatic carbocycles. The summed E-state index contributed by atoms with van der Waals surface area (Å²) in [5.41, 5.74) is 7.02. The Morgan fingerprint density at radius 2 is 1.90 bits per heavy atom. The maximum Gasteiger partial charge on any atom is 0.308 e. The molecule has 0 aliphatic rings. The van der Waals surface area contributed by atoms with Gasteiger partial charge in [0.25, 0.3) is 0 Å². The smallest absolute Gasteiger partial charge is 0.308 e. The number of hydrogen-bond donors (Lipinski definition) is 3. The Morgan fingerprint density at radius 3 is 2.48 bits per heavy atom. The molecule has 0 fully saturated rings. The van der Waals surface area contributed by atoms with E-state index in [0.29, 0.717) is 19.3 Å². The number of carbonyl (C=O) groups is 2. The number of amides is 1. The zero-order valence-electron chi connectivity index (χ0n) is 12.4. The van der Waals surface area contributed by atoms with Crippen LogP contribution in [0.4, 0.5) is 0 Å². The van der Waals surface area contributed by atoms with Gasteiger partial charge in [-0.3, -0.25) is 9.59 Å². The van der Waals surface area contributed by atoms with Crippen LogP contribution in [-0.4, -0.2) is 23.5 Å². The molecule has 2 atom stereocenters. The van der Waals surface area contributed by atoms with Crippen LogP contribution in [0.1, 0.15) is 44.2 Å². The maximum atomic E-state index is 11.8. The van der Waals surface area contributed by atoms with Crippen LogP contribution >= 0.6 is 0 Å². The van der Waals surface area contributed by atoms with E-state index in [1.54, 1.807) is 0 Å². The number of carbonyl (C=O) groups excluding carboxylic acids is 1. The van der Waals surface area contributed by atoms with Gasteiger partial charge in [-0.2, -0.15) is 0 Å². The molecule has 0 heterocycles. The van der Waals surface area contributed by atoms with Gasteiger partial charge in [0, 0.05) is 19.0 Å². The Bertz CT molecular complexity index is 448. The van der Waals surface area contributed by atoms with E-state index in [2.05, 4.69) is 5.32 Å².